The van der Waals surface area contributed by atoms with Crippen LogP contribution in [0.25, 0.3) is 5.57 Å². The second-order valence-electron chi connectivity index (χ2n) is 7.49. The van der Waals surface area contributed by atoms with Crippen molar-refractivity contribution in [1.29, 1.82) is 0 Å². The van der Waals surface area contributed by atoms with Gasteiger partial charge in [0.15, 0.2) is 0 Å². The molecule has 1 heterocycles. The SMILES string of the molecule is C=C/C(=C\N(CC(C)CCc1ccnc(C)c1)C(=C)C)c1ccc(C)cc1. The maximum atomic E-state index is 4.28. The lowest BCUT2D eigenvalue weighted by atomic mass is 10.00. The van der Waals surface area contributed by atoms with E-state index in [2.05, 4.69) is 86.4 Å². The normalized spacial score (nSPS) is 12.5. The van der Waals surface area contributed by atoms with Gasteiger partial charge >= 0.3 is 0 Å². The first kappa shape index (κ1) is 20.7. The number of hydrogen-bond donors (Lipinski definition) is 0. The van der Waals surface area contributed by atoms with E-state index in [1.807, 2.05) is 19.2 Å². The van der Waals surface area contributed by atoms with E-state index in [0.29, 0.717) is 5.92 Å². The molecule has 0 fully saturated rings. The van der Waals surface area contributed by atoms with Crippen LogP contribution in [0.3, 0.4) is 0 Å². The van der Waals surface area contributed by atoms with Crippen molar-refractivity contribution < 1.29 is 0 Å². The molecule has 142 valence electrons. The van der Waals surface area contributed by atoms with E-state index >= 15 is 0 Å². The highest BCUT2D eigenvalue weighted by molar-refractivity contribution is 5.73. The fourth-order valence-corrected chi connectivity index (χ4v) is 3.08. The largest absolute Gasteiger partial charge is 0.351 e. The lowest BCUT2D eigenvalue weighted by Crippen LogP contribution is -2.22. The number of benzene rings is 1. The highest BCUT2D eigenvalue weighted by atomic mass is 15.1. The van der Waals surface area contributed by atoms with Gasteiger partial charge in [0, 0.05) is 30.3 Å². The van der Waals surface area contributed by atoms with Crippen LogP contribution in [0.5, 0.6) is 0 Å². The molecule has 0 bridgehead atoms. The Bertz CT molecular complexity index is 799. The fourth-order valence-electron chi connectivity index (χ4n) is 3.08. The lowest BCUT2D eigenvalue weighted by Gasteiger charge is -2.25. The molecule has 2 heteroatoms. The third-order valence-corrected chi connectivity index (χ3v) is 4.79. The summed E-state index contributed by atoms with van der Waals surface area (Å²) in [7, 11) is 0. The van der Waals surface area contributed by atoms with Crippen LogP contribution in [0.15, 0.2) is 73.7 Å². The zero-order valence-electron chi connectivity index (χ0n) is 17.2. The van der Waals surface area contributed by atoms with Gasteiger partial charge in [-0.15, -0.1) is 0 Å². The summed E-state index contributed by atoms with van der Waals surface area (Å²) in [6.07, 6.45) is 8.20. The topological polar surface area (TPSA) is 16.1 Å². The smallest absolute Gasteiger partial charge is 0.0375 e. The number of hydrogen-bond acceptors (Lipinski definition) is 2. The first-order valence-corrected chi connectivity index (χ1v) is 9.64. The van der Waals surface area contributed by atoms with E-state index in [1.54, 1.807) is 0 Å². The van der Waals surface area contributed by atoms with Crippen molar-refractivity contribution in [3.63, 3.8) is 0 Å². The molecule has 27 heavy (non-hydrogen) atoms. The molecule has 0 radical (unpaired) electrons. The second kappa shape index (κ2) is 9.91. The van der Waals surface area contributed by atoms with Crippen LogP contribution in [0.4, 0.5) is 0 Å². The molecular formula is C25H32N2. The van der Waals surface area contributed by atoms with E-state index in [1.165, 1.54) is 16.7 Å². The van der Waals surface area contributed by atoms with Crippen LogP contribution >= 0.6 is 0 Å². The summed E-state index contributed by atoms with van der Waals surface area (Å²) >= 11 is 0. The van der Waals surface area contributed by atoms with Crippen LogP contribution < -0.4 is 0 Å². The van der Waals surface area contributed by atoms with Gasteiger partial charge in [-0.05, 0) is 68.4 Å². The third-order valence-electron chi connectivity index (χ3n) is 4.79. The van der Waals surface area contributed by atoms with Crippen LogP contribution in [-0.4, -0.2) is 16.4 Å². The van der Waals surface area contributed by atoms with E-state index < -0.39 is 0 Å². The average Bonchev–Trinajstić information content (AvgIpc) is 2.64. The Morgan fingerprint density at radius 1 is 1.19 bits per heavy atom. The number of rotatable bonds is 9. The predicted octanol–water partition coefficient (Wildman–Crippen LogP) is 6.33. The van der Waals surface area contributed by atoms with E-state index in [-0.39, 0.29) is 0 Å². The summed E-state index contributed by atoms with van der Waals surface area (Å²) in [6.45, 7) is 17.6. The molecule has 0 N–H and O–H groups in total. The minimum atomic E-state index is 0.551. The number of nitrogens with zero attached hydrogens (tertiary/aromatic N) is 2. The Labute approximate surface area is 165 Å². The first-order chi connectivity index (χ1) is 12.9. The predicted molar refractivity (Wildman–Crippen MR) is 117 cm³/mol. The maximum Gasteiger partial charge on any atom is 0.0375 e. The highest BCUT2D eigenvalue weighted by Crippen LogP contribution is 2.20. The second-order valence-corrected chi connectivity index (χ2v) is 7.49. The summed E-state index contributed by atoms with van der Waals surface area (Å²) in [6, 6.07) is 12.9. The third kappa shape index (κ3) is 6.56. The van der Waals surface area contributed by atoms with Crippen molar-refractivity contribution in [3.8, 4) is 0 Å². The molecule has 1 aromatic heterocycles. The number of pyridine rings is 1. The Kier molecular flexibility index (Phi) is 7.60. The maximum absolute atomic E-state index is 4.28. The number of aryl methyl sites for hydroxylation is 3. The van der Waals surface area contributed by atoms with Crippen LogP contribution in [0, 0.1) is 19.8 Å². The monoisotopic (exact) mass is 360 g/mol. The molecule has 0 saturated carbocycles. The zero-order valence-corrected chi connectivity index (χ0v) is 17.2. The van der Waals surface area contributed by atoms with Crippen LogP contribution in [0.1, 0.15) is 42.7 Å². The molecule has 1 atom stereocenters. The Morgan fingerprint density at radius 2 is 1.89 bits per heavy atom. The van der Waals surface area contributed by atoms with E-state index in [0.717, 1.165) is 36.4 Å². The van der Waals surface area contributed by atoms with E-state index in [9.17, 15) is 0 Å². The van der Waals surface area contributed by atoms with Gasteiger partial charge in [-0.1, -0.05) is 56.0 Å². The standard InChI is InChI=1S/C25H32N2/c1-7-24(25-12-9-20(4)10-13-25)18-27(19(2)3)17-21(5)8-11-23-14-15-26-22(6)16-23/h7,9-10,12-16,18,21H,1-2,8,11,17H2,3-6H3/b24-18+. The molecule has 0 saturated heterocycles. The fraction of sp³-hybridized carbons (Fsp3) is 0.320. The molecule has 0 aliphatic carbocycles. The molecule has 2 rings (SSSR count). The van der Waals surface area contributed by atoms with Gasteiger partial charge in [-0.2, -0.15) is 0 Å². The van der Waals surface area contributed by atoms with Gasteiger partial charge in [-0.3, -0.25) is 4.98 Å². The highest BCUT2D eigenvalue weighted by Gasteiger charge is 2.10. The minimum Gasteiger partial charge on any atom is -0.351 e. The molecule has 1 aromatic carbocycles. The number of aromatic nitrogens is 1. The summed E-state index contributed by atoms with van der Waals surface area (Å²) in [5, 5.41) is 0. The zero-order chi connectivity index (χ0) is 19.8. The van der Waals surface area contributed by atoms with Crippen molar-refractivity contribution in [1.82, 2.24) is 9.88 Å². The van der Waals surface area contributed by atoms with Gasteiger partial charge in [0.2, 0.25) is 0 Å². The van der Waals surface area contributed by atoms with Gasteiger partial charge < -0.3 is 4.90 Å². The molecule has 1 unspecified atom stereocenters. The molecule has 0 amide bonds. The molecule has 0 aliphatic rings. The molecule has 2 nitrogen and oxygen atoms in total. The summed E-state index contributed by atoms with van der Waals surface area (Å²) in [4.78, 5) is 6.53. The lowest BCUT2D eigenvalue weighted by molar-refractivity contribution is 0.366. The number of allylic oxidation sites excluding steroid dienone is 3. The van der Waals surface area contributed by atoms with Crippen molar-refractivity contribution in [2.24, 2.45) is 5.92 Å². The van der Waals surface area contributed by atoms with Crippen molar-refractivity contribution in [2.45, 2.75) is 40.5 Å². The van der Waals surface area contributed by atoms with Crippen LogP contribution in [-0.2, 0) is 6.42 Å². The Balaban J connectivity index is 2.05. The quantitative estimate of drug-likeness (QED) is 0.486. The minimum absolute atomic E-state index is 0.551. The molecule has 0 spiro atoms. The van der Waals surface area contributed by atoms with Gasteiger partial charge in [0.1, 0.15) is 0 Å². The molecular weight excluding hydrogens is 328 g/mol. The van der Waals surface area contributed by atoms with Crippen molar-refractivity contribution >= 4 is 5.57 Å². The summed E-state index contributed by atoms with van der Waals surface area (Å²) in [5.74, 6) is 0.551. The first-order valence-electron chi connectivity index (χ1n) is 9.64. The van der Waals surface area contributed by atoms with Gasteiger partial charge in [-0.25, -0.2) is 0 Å². The summed E-state index contributed by atoms with van der Waals surface area (Å²) in [5.41, 5.74) is 7.06. The summed E-state index contributed by atoms with van der Waals surface area (Å²) < 4.78 is 0. The average molecular weight is 361 g/mol. The van der Waals surface area contributed by atoms with Crippen molar-refractivity contribution in [2.75, 3.05) is 6.54 Å². The van der Waals surface area contributed by atoms with E-state index in [4.69, 9.17) is 0 Å². The Morgan fingerprint density at radius 3 is 2.48 bits per heavy atom. The van der Waals surface area contributed by atoms with Crippen LogP contribution in [0.2, 0.25) is 0 Å². The van der Waals surface area contributed by atoms with Gasteiger partial charge in [0.05, 0.1) is 0 Å². The molecule has 0 aliphatic heterocycles. The van der Waals surface area contributed by atoms with Gasteiger partial charge in [0.25, 0.3) is 0 Å². The molecule has 2 aromatic rings. The Hall–Kier alpha value is -2.61. The van der Waals surface area contributed by atoms with Crippen molar-refractivity contribution in [3.05, 3.63) is 96.1 Å².